The van der Waals surface area contributed by atoms with Crippen LogP contribution in [-0.4, -0.2) is 39.6 Å². The van der Waals surface area contributed by atoms with E-state index in [0.29, 0.717) is 6.73 Å². The number of ether oxygens (including phenoxy) is 1. The number of aromatic nitrogens is 5. The van der Waals surface area contributed by atoms with Crippen LogP contribution in [0.15, 0.2) is 30.9 Å². The zero-order valence-electron chi connectivity index (χ0n) is 13.2. The van der Waals surface area contributed by atoms with Crippen LogP contribution < -0.4 is 0 Å². The second kappa shape index (κ2) is 6.02. The molecule has 3 heterocycles. The molecule has 0 radical (unpaired) electrons. The van der Waals surface area contributed by atoms with Gasteiger partial charge in [0.15, 0.2) is 0 Å². The molecule has 0 atom stereocenters. The standard InChI is InChI=1S/C15H21N5OSi/c1-22(2,3)5-4-21-11-20-15-6-14(12-8-17-18-9-12)16-7-13(15)10-19-20/h6-10H,4-5,11H2,1-3H3,(H,17,18). The number of rotatable bonds is 6. The minimum atomic E-state index is -1.05. The van der Waals surface area contributed by atoms with E-state index in [-0.39, 0.29) is 0 Å². The molecule has 0 amide bonds. The lowest BCUT2D eigenvalue weighted by Gasteiger charge is -2.15. The topological polar surface area (TPSA) is 68.6 Å². The van der Waals surface area contributed by atoms with Gasteiger partial charge >= 0.3 is 0 Å². The number of aromatic amines is 1. The lowest BCUT2D eigenvalue weighted by molar-refractivity contribution is 0.0817. The van der Waals surface area contributed by atoms with Crippen molar-refractivity contribution >= 4 is 19.0 Å². The molecule has 0 saturated carbocycles. The van der Waals surface area contributed by atoms with Crippen molar-refractivity contribution in [3.8, 4) is 11.3 Å². The SMILES string of the molecule is C[Si](C)(C)CCOCn1ncc2cnc(-c3cn[nH]c3)cc21. The fourth-order valence-corrected chi connectivity index (χ4v) is 2.91. The Labute approximate surface area is 130 Å². The van der Waals surface area contributed by atoms with Crippen molar-refractivity contribution in [1.82, 2.24) is 25.0 Å². The Kier molecular flexibility index (Phi) is 4.08. The summed E-state index contributed by atoms with van der Waals surface area (Å²) >= 11 is 0. The second-order valence-corrected chi connectivity index (χ2v) is 12.2. The van der Waals surface area contributed by atoms with Gasteiger partial charge in [-0.1, -0.05) is 19.6 Å². The summed E-state index contributed by atoms with van der Waals surface area (Å²) in [6.45, 7) is 8.31. The van der Waals surface area contributed by atoms with Gasteiger partial charge < -0.3 is 4.74 Å². The molecule has 0 bridgehead atoms. The molecule has 116 valence electrons. The van der Waals surface area contributed by atoms with E-state index in [1.54, 1.807) is 6.20 Å². The number of pyridine rings is 1. The van der Waals surface area contributed by atoms with E-state index in [4.69, 9.17) is 4.74 Å². The zero-order valence-corrected chi connectivity index (χ0v) is 14.2. The Bertz CT molecular complexity index is 745. The minimum absolute atomic E-state index is 0.475. The van der Waals surface area contributed by atoms with Crippen LogP contribution in [0.5, 0.6) is 0 Å². The first-order valence-electron chi connectivity index (χ1n) is 7.41. The van der Waals surface area contributed by atoms with Crippen LogP contribution in [0.1, 0.15) is 0 Å². The van der Waals surface area contributed by atoms with Crippen LogP contribution >= 0.6 is 0 Å². The Balaban J connectivity index is 1.74. The van der Waals surface area contributed by atoms with Gasteiger partial charge in [0.25, 0.3) is 0 Å². The monoisotopic (exact) mass is 315 g/mol. The van der Waals surface area contributed by atoms with Crippen molar-refractivity contribution in [2.24, 2.45) is 0 Å². The van der Waals surface area contributed by atoms with E-state index in [2.05, 4.69) is 39.9 Å². The van der Waals surface area contributed by atoms with E-state index in [0.717, 1.165) is 34.8 Å². The summed E-state index contributed by atoms with van der Waals surface area (Å²) in [5, 5.41) is 12.2. The summed E-state index contributed by atoms with van der Waals surface area (Å²) in [6.07, 6.45) is 7.26. The summed E-state index contributed by atoms with van der Waals surface area (Å²) < 4.78 is 7.67. The molecule has 3 aromatic heterocycles. The summed E-state index contributed by atoms with van der Waals surface area (Å²) in [4.78, 5) is 4.44. The van der Waals surface area contributed by atoms with E-state index >= 15 is 0 Å². The molecule has 0 aliphatic carbocycles. The first kappa shape index (κ1) is 14.9. The highest BCUT2D eigenvalue weighted by molar-refractivity contribution is 6.76. The van der Waals surface area contributed by atoms with Gasteiger partial charge in [0.05, 0.1) is 23.6 Å². The number of fused-ring (bicyclic) bond motifs is 1. The fourth-order valence-electron chi connectivity index (χ4n) is 2.15. The maximum absolute atomic E-state index is 5.79. The Morgan fingerprint density at radius 1 is 1.23 bits per heavy atom. The van der Waals surface area contributed by atoms with Gasteiger partial charge in [-0.3, -0.25) is 10.1 Å². The average molecular weight is 315 g/mol. The van der Waals surface area contributed by atoms with Crippen molar-refractivity contribution < 1.29 is 4.74 Å². The molecule has 0 spiro atoms. The zero-order chi connectivity index (χ0) is 15.6. The third-order valence-electron chi connectivity index (χ3n) is 3.53. The summed E-state index contributed by atoms with van der Waals surface area (Å²) in [6, 6.07) is 3.18. The average Bonchev–Trinajstić information content (AvgIpc) is 3.12. The smallest absolute Gasteiger partial charge is 0.139 e. The molecule has 3 aromatic rings. The van der Waals surface area contributed by atoms with E-state index in [1.807, 2.05) is 29.3 Å². The van der Waals surface area contributed by atoms with E-state index < -0.39 is 8.07 Å². The maximum Gasteiger partial charge on any atom is 0.139 e. The summed E-state index contributed by atoms with van der Waals surface area (Å²) in [5.41, 5.74) is 2.87. The molecular weight excluding hydrogens is 294 g/mol. The minimum Gasteiger partial charge on any atom is -0.360 e. The van der Waals surface area contributed by atoms with Gasteiger partial charge in [-0.05, 0) is 12.1 Å². The number of nitrogens with one attached hydrogen (secondary N) is 1. The molecule has 0 unspecified atom stereocenters. The predicted molar refractivity (Wildman–Crippen MR) is 89.2 cm³/mol. The molecule has 1 N–H and O–H groups in total. The van der Waals surface area contributed by atoms with Crippen LogP contribution in [0, 0.1) is 0 Å². The quantitative estimate of drug-likeness (QED) is 0.560. The van der Waals surface area contributed by atoms with E-state index in [9.17, 15) is 0 Å². The van der Waals surface area contributed by atoms with Crippen molar-refractivity contribution in [2.75, 3.05) is 6.61 Å². The van der Waals surface area contributed by atoms with Gasteiger partial charge in [0, 0.05) is 38.0 Å². The Morgan fingerprint density at radius 2 is 2.09 bits per heavy atom. The first-order chi connectivity index (χ1) is 10.5. The third kappa shape index (κ3) is 3.42. The molecule has 3 rings (SSSR count). The molecule has 0 aromatic carbocycles. The molecule has 22 heavy (non-hydrogen) atoms. The van der Waals surface area contributed by atoms with Crippen LogP contribution in [0.2, 0.25) is 25.7 Å². The van der Waals surface area contributed by atoms with Gasteiger partial charge in [-0.2, -0.15) is 10.2 Å². The Morgan fingerprint density at radius 3 is 2.82 bits per heavy atom. The van der Waals surface area contributed by atoms with Gasteiger partial charge in [0.2, 0.25) is 0 Å². The van der Waals surface area contributed by atoms with Gasteiger partial charge in [-0.15, -0.1) is 0 Å². The van der Waals surface area contributed by atoms with E-state index in [1.165, 1.54) is 0 Å². The number of nitrogens with zero attached hydrogens (tertiary/aromatic N) is 4. The second-order valence-electron chi connectivity index (χ2n) is 6.61. The van der Waals surface area contributed by atoms with Gasteiger partial charge in [-0.25, -0.2) is 4.68 Å². The number of hydrogen-bond donors (Lipinski definition) is 1. The highest BCUT2D eigenvalue weighted by Crippen LogP contribution is 2.21. The van der Waals surface area contributed by atoms with Crippen molar-refractivity contribution in [3.63, 3.8) is 0 Å². The summed E-state index contributed by atoms with van der Waals surface area (Å²) in [7, 11) is -1.05. The van der Waals surface area contributed by atoms with Crippen molar-refractivity contribution in [2.45, 2.75) is 32.4 Å². The molecule has 0 aliphatic rings. The Hall–Kier alpha value is -1.99. The van der Waals surface area contributed by atoms with Crippen LogP contribution in [-0.2, 0) is 11.5 Å². The molecular formula is C15H21N5OSi. The van der Waals surface area contributed by atoms with Crippen LogP contribution in [0.25, 0.3) is 22.2 Å². The van der Waals surface area contributed by atoms with Crippen molar-refractivity contribution in [3.05, 3.63) is 30.9 Å². The number of H-pyrrole nitrogens is 1. The highest BCUT2D eigenvalue weighted by Gasteiger charge is 2.12. The molecule has 7 heteroatoms. The molecule has 0 aliphatic heterocycles. The lowest BCUT2D eigenvalue weighted by atomic mass is 10.2. The summed E-state index contributed by atoms with van der Waals surface area (Å²) in [5.74, 6) is 0. The van der Waals surface area contributed by atoms with Gasteiger partial charge in [0.1, 0.15) is 6.73 Å². The highest BCUT2D eigenvalue weighted by atomic mass is 28.3. The fraction of sp³-hybridized carbons (Fsp3) is 0.400. The largest absolute Gasteiger partial charge is 0.360 e. The lowest BCUT2D eigenvalue weighted by Crippen LogP contribution is -2.22. The normalized spacial score (nSPS) is 12.1. The molecule has 0 fully saturated rings. The number of hydrogen-bond acceptors (Lipinski definition) is 4. The van der Waals surface area contributed by atoms with Crippen LogP contribution in [0.4, 0.5) is 0 Å². The molecule has 0 saturated heterocycles. The maximum atomic E-state index is 5.79. The van der Waals surface area contributed by atoms with Crippen LogP contribution in [0.3, 0.4) is 0 Å². The predicted octanol–water partition coefficient (Wildman–Crippen LogP) is 3.13. The van der Waals surface area contributed by atoms with Crippen molar-refractivity contribution in [1.29, 1.82) is 0 Å². The third-order valence-corrected chi connectivity index (χ3v) is 5.23. The first-order valence-corrected chi connectivity index (χ1v) is 11.1. The molecule has 6 nitrogen and oxygen atoms in total.